The van der Waals surface area contributed by atoms with Crippen molar-refractivity contribution in [3.05, 3.63) is 62.1 Å². The van der Waals surface area contributed by atoms with Gasteiger partial charge in [0.2, 0.25) is 0 Å². The topological polar surface area (TPSA) is 119 Å². The van der Waals surface area contributed by atoms with E-state index in [0.29, 0.717) is 36.3 Å². The number of anilines is 1. The lowest BCUT2D eigenvalue weighted by molar-refractivity contribution is -0.384. The number of ether oxygens (including phenoxy) is 2. The standard InChI is InChI=1S/C23H27BrFN5O5/c1-13-10-29(11-14(2)35-13)23(31)18-5-15(24)6-20(30(32)33)22(18)28-19-8-26-9-21(19)34-12-17-4-3-16(25)7-27-17/h3-7,13-14,19,21,26,28H,8-12H2,1-2H3/t13-,14+,19-,21-/m0/s1. The number of halogens is 2. The summed E-state index contributed by atoms with van der Waals surface area (Å²) in [5.74, 6) is -0.738. The largest absolute Gasteiger partial charge is 0.372 e. The third-order valence-corrected chi connectivity index (χ3v) is 6.40. The van der Waals surface area contributed by atoms with Crippen molar-refractivity contribution in [2.24, 2.45) is 0 Å². The van der Waals surface area contributed by atoms with Crippen LogP contribution in [0.4, 0.5) is 15.8 Å². The van der Waals surface area contributed by atoms with E-state index in [2.05, 4.69) is 31.5 Å². The van der Waals surface area contributed by atoms with E-state index in [9.17, 15) is 19.3 Å². The molecule has 2 aromatic rings. The summed E-state index contributed by atoms with van der Waals surface area (Å²) in [6.07, 6.45) is 0.491. The molecule has 3 heterocycles. The first-order valence-electron chi connectivity index (χ1n) is 11.3. The van der Waals surface area contributed by atoms with Gasteiger partial charge in [0.1, 0.15) is 11.5 Å². The number of carbonyl (C=O) groups excluding carboxylic acids is 1. The van der Waals surface area contributed by atoms with Crippen LogP contribution in [-0.2, 0) is 16.1 Å². The maximum absolute atomic E-state index is 13.5. The summed E-state index contributed by atoms with van der Waals surface area (Å²) in [6, 6.07) is 5.49. The Hall–Kier alpha value is -2.67. The molecule has 0 unspecified atom stereocenters. The van der Waals surface area contributed by atoms with Crippen LogP contribution >= 0.6 is 15.9 Å². The first kappa shape index (κ1) is 25.4. The van der Waals surface area contributed by atoms with Crippen molar-refractivity contribution in [3.8, 4) is 0 Å². The molecule has 10 nitrogen and oxygen atoms in total. The summed E-state index contributed by atoms with van der Waals surface area (Å²) < 4.78 is 25.3. The molecule has 0 aliphatic carbocycles. The highest BCUT2D eigenvalue weighted by Gasteiger charge is 2.35. The Balaban J connectivity index is 1.58. The molecule has 4 rings (SSSR count). The van der Waals surface area contributed by atoms with Crippen LogP contribution in [0.1, 0.15) is 29.9 Å². The molecule has 2 aliphatic heterocycles. The van der Waals surface area contributed by atoms with Gasteiger partial charge in [0.15, 0.2) is 0 Å². The van der Waals surface area contributed by atoms with Gasteiger partial charge in [-0.05, 0) is 32.0 Å². The summed E-state index contributed by atoms with van der Waals surface area (Å²) in [6.45, 7) is 5.71. The number of nitro groups is 1. The van der Waals surface area contributed by atoms with E-state index < -0.39 is 10.7 Å². The second-order valence-corrected chi connectivity index (χ2v) is 9.71. The number of nitro benzene ring substituents is 1. The number of pyridine rings is 1. The van der Waals surface area contributed by atoms with Gasteiger partial charge in [-0.25, -0.2) is 4.39 Å². The smallest absolute Gasteiger partial charge is 0.294 e. The molecule has 1 amide bonds. The van der Waals surface area contributed by atoms with Crippen molar-refractivity contribution in [2.75, 3.05) is 31.5 Å². The first-order chi connectivity index (χ1) is 16.7. The van der Waals surface area contributed by atoms with Gasteiger partial charge >= 0.3 is 0 Å². The number of benzene rings is 1. The lowest BCUT2D eigenvalue weighted by Gasteiger charge is -2.35. The van der Waals surface area contributed by atoms with Gasteiger partial charge in [0.05, 0.1) is 53.3 Å². The van der Waals surface area contributed by atoms with Gasteiger partial charge in [0.25, 0.3) is 11.6 Å². The van der Waals surface area contributed by atoms with Crippen molar-refractivity contribution >= 4 is 33.2 Å². The van der Waals surface area contributed by atoms with Crippen LogP contribution in [0, 0.1) is 15.9 Å². The number of amides is 1. The zero-order valence-corrected chi connectivity index (χ0v) is 21.0. The minimum absolute atomic E-state index is 0.141. The molecule has 2 aliphatic rings. The van der Waals surface area contributed by atoms with Crippen molar-refractivity contribution in [3.63, 3.8) is 0 Å². The fourth-order valence-electron chi connectivity index (χ4n) is 4.41. The Morgan fingerprint density at radius 1 is 1.34 bits per heavy atom. The molecule has 1 aromatic heterocycles. The van der Waals surface area contributed by atoms with Crippen molar-refractivity contribution < 1.29 is 23.6 Å². The Bertz CT molecular complexity index is 1080. The van der Waals surface area contributed by atoms with E-state index in [1.807, 2.05) is 13.8 Å². The van der Waals surface area contributed by atoms with Crippen LogP contribution in [-0.4, -0.2) is 71.2 Å². The number of carbonyl (C=O) groups is 1. The van der Waals surface area contributed by atoms with E-state index in [1.54, 1.807) is 17.0 Å². The minimum Gasteiger partial charge on any atom is -0.372 e. The highest BCUT2D eigenvalue weighted by molar-refractivity contribution is 9.10. The number of morpholine rings is 1. The van der Waals surface area contributed by atoms with Gasteiger partial charge in [-0.2, -0.15) is 0 Å². The van der Waals surface area contributed by atoms with Gasteiger partial charge < -0.3 is 25.0 Å². The molecule has 0 spiro atoms. The van der Waals surface area contributed by atoms with Crippen molar-refractivity contribution in [2.45, 2.75) is 44.8 Å². The van der Waals surface area contributed by atoms with Crippen molar-refractivity contribution in [1.29, 1.82) is 0 Å². The van der Waals surface area contributed by atoms with Crippen LogP contribution in [0.5, 0.6) is 0 Å². The van der Waals surface area contributed by atoms with Crippen LogP contribution in [0.25, 0.3) is 0 Å². The van der Waals surface area contributed by atoms with Gasteiger partial charge in [-0.15, -0.1) is 0 Å². The molecule has 0 bridgehead atoms. The van der Waals surface area contributed by atoms with Gasteiger partial charge in [-0.1, -0.05) is 15.9 Å². The predicted octanol–water partition coefficient (Wildman–Crippen LogP) is 3.11. The van der Waals surface area contributed by atoms with E-state index in [1.165, 1.54) is 12.1 Å². The van der Waals surface area contributed by atoms with E-state index >= 15 is 0 Å². The molecule has 4 atom stereocenters. The molecule has 35 heavy (non-hydrogen) atoms. The molecular formula is C23H27BrFN5O5. The normalized spacial score (nSPS) is 24.4. The van der Waals surface area contributed by atoms with E-state index in [4.69, 9.17) is 9.47 Å². The molecule has 0 saturated carbocycles. The third-order valence-electron chi connectivity index (χ3n) is 5.94. The zero-order chi connectivity index (χ0) is 25.1. The Morgan fingerprint density at radius 3 is 2.74 bits per heavy atom. The zero-order valence-electron chi connectivity index (χ0n) is 19.4. The number of aromatic nitrogens is 1. The highest BCUT2D eigenvalue weighted by atomic mass is 79.9. The molecule has 12 heteroatoms. The molecule has 2 saturated heterocycles. The number of hydrogen-bond donors (Lipinski definition) is 2. The fraction of sp³-hybridized carbons (Fsp3) is 0.478. The number of nitrogens with one attached hydrogen (secondary N) is 2. The van der Waals surface area contributed by atoms with E-state index in [0.717, 1.165) is 6.20 Å². The monoisotopic (exact) mass is 551 g/mol. The van der Waals surface area contributed by atoms with Crippen LogP contribution in [0.3, 0.4) is 0 Å². The van der Waals surface area contributed by atoms with Gasteiger partial charge in [0, 0.05) is 36.7 Å². The van der Waals surface area contributed by atoms with E-state index in [-0.39, 0.29) is 53.8 Å². The Morgan fingerprint density at radius 2 is 2.09 bits per heavy atom. The van der Waals surface area contributed by atoms with Crippen LogP contribution < -0.4 is 10.6 Å². The fourth-order valence-corrected chi connectivity index (χ4v) is 4.86. The third kappa shape index (κ3) is 6.13. The number of nitrogens with zero attached hydrogens (tertiary/aromatic N) is 3. The second-order valence-electron chi connectivity index (χ2n) is 8.80. The number of rotatable bonds is 7. The molecular weight excluding hydrogens is 525 g/mol. The van der Waals surface area contributed by atoms with Crippen molar-refractivity contribution in [1.82, 2.24) is 15.2 Å². The summed E-state index contributed by atoms with van der Waals surface area (Å²) in [5, 5.41) is 18.4. The summed E-state index contributed by atoms with van der Waals surface area (Å²) in [5.41, 5.74) is 0.719. The summed E-state index contributed by atoms with van der Waals surface area (Å²) >= 11 is 3.31. The molecule has 2 N–H and O–H groups in total. The summed E-state index contributed by atoms with van der Waals surface area (Å²) in [7, 11) is 0. The average molecular weight is 552 g/mol. The lowest BCUT2D eigenvalue weighted by Crippen LogP contribution is -2.48. The lowest BCUT2D eigenvalue weighted by atomic mass is 10.1. The predicted molar refractivity (Wildman–Crippen MR) is 130 cm³/mol. The molecule has 1 aromatic carbocycles. The van der Waals surface area contributed by atoms with Crippen LogP contribution in [0.15, 0.2) is 34.9 Å². The molecule has 188 valence electrons. The maximum atomic E-state index is 13.5. The maximum Gasteiger partial charge on any atom is 0.294 e. The SMILES string of the molecule is C[C@@H]1CN(C(=O)c2cc(Br)cc([N+](=O)[O-])c2N[C@H]2CNC[C@@H]2OCc2ccc(F)cn2)C[C@H](C)O1. The summed E-state index contributed by atoms with van der Waals surface area (Å²) in [4.78, 5) is 30.6. The Kier molecular flexibility index (Phi) is 7.95. The van der Waals surface area contributed by atoms with Crippen LogP contribution in [0.2, 0.25) is 0 Å². The first-order valence-corrected chi connectivity index (χ1v) is 12.1. The number of hydrogen-bond acceptors (Lipinski definition) is 8. The highest BCUT2D eigenvalue weighted by Crippen LogP contribution is 2.35. The Labute approximate surface area is 210 Å². The second kappa shape index (κ2) is 10.9. The average Bonchev–Trinajstić information content (AvgIpc) is 3.25. The van der Waals surface area contributed by atoms with Gasteiger partial charge in [-0.3, -0.25) is 19.9 Å². The quantitative estimate of drug-likeness (QED) is 0.398. The minimum atomic E-state index is -0.505. The molecule has 0 radical (unpaired) electrons. The molecule has 2 fully saturated rings.